The molecule has 1 N–H and O–H groups in total. The van der Waals surface area contributed by atoms with Crippen LogP contribution in [-0.2, 0) is 4.79 Å². The van der Waals surface area contributed by atoms with Crippen molar-refractivity contribution in [2.75, 3.05) is 20.1 Å². The Bertz CT molecular complexity index is 549. The normalized spacial score (nSPS) is 9.95. The minimum atomic E-state index is -0.775. The summed E-state index contributed by atoms with van der Waals surface area (Å²) >= 11 is 5.63. The number of nitrogens with one attached hydrogen (secondary N) is 1. The minimum absolute atomic E-state index is 0.205. The predicted molar refractivity (Wildman–Crippen MR) is 71.5 cm³/mol. The number of hydrogen-bond acceptors (Lipinski definition) is 5. The van der Waals surface area contributed by atoms with E-state index < -0.39 is 16.5 Å². The molecule has 0 atom stereocenters. The lowest BCUT2D eigenvalue weighted by molar-refractivity contribution is -0.385. The van der Waals surface area contributed by atoms with Crippen LogP contribution in [0, 0.1) is 10.1 Å². The SMILES string of the molecule is CCNC(=O)CN(C)C(=O)c1ccnc(Cl)c1[N+](=O)[O-]. The Morgan fingerprint density at radius 2 is 2.20 bits per heavy atom. The van der Waals surface area contributed by atoms with Gasteiger partial charge in [0.15, 0.2) is 0 Å². The average Bonchev–Trinajstić information content (AvgIpc) is 2.37. The summed E-state index contributed by atoms with van der Waals surface area (Å²) in [5, 5.41) is 13.1. The highest BCUT2D eigenvalue weighted by molar-refractivity contribution is 6.32. The molecular formula is C11H13ClN4O4. The van der Waals surface area contributed by atoms with E-state index in [1.54, 1.807) is 6.92 Å². The van der Waals surface area contributed by atoms with Crippen molar-refractivity contribution in [2.24, 2.45) is 0 Å². The van der Waals surface area contributed by atoms with Gasteiger partial charge in [-0.3, -0.25) is 19.7 Å². The Hall–Kier alpha value is -2.22. The first-order valence-corrected chi connectivity index (χ1v) is 6.07. The molecule has 108 valence electrons. The number of pyridine rings is 1. The summed E-state index contributed by atoms with van der Waals surface area (Å²) in [6.45, 7) is 1.97. The Morgan fingerprint density at radius 3 is 2.75 bits per heavy atom. The largest absolute Gasteiger partial charge is 0.355 e. The molecule has 0 aliphatic heterocycles. The molecule has 0 aromatic carbocycles. The van der Waals surface area contributed by atoms with Gasteiger partial charge in [-0.05, 0) is 13.0 Å². The lowest BCUT2D eigenvalue weighted by Crippen LogP contribution is -2.38. The van der Waals surface area contributed by atoms with Gasteiger partial charge in [0.1, 0.15) is 5.56 Å². The number of carbonyl (C=O) groups excluding carboxylic acids is 2. The van der Waals surface area contributed by atoms with Crippen molar-refractivity contribution in [3.8, 4) is 0 Å². The molecule has 1 heterocycles. The van der Waals surface area contributed by atoms with Crippen LogP contribution in [0.3, 0.4) is 0 Å². The van der Waals surface area contributed by atoms with Gasteiger partial charge in [-0.15, -0.1) is 0 Å². The first kappa shape index (κ1) is 15.8. The maximum absolute atomic E-state index is 12.1. The zero-order valence-electron chi connectivity index (χ0n) is 10.9. The number of rotatable bonds is 5. The van der Waals surface area contributed by atoms with E-state index in [-0.39, 0.29) is 23.2 Å². The Morgan fingerprint density at radius 1 is 1.55 bits per heavy atom. The Labute approximate surface area is 119 Å². The van der Waals surface area contributed by atoms with Crippen molar-refractivity contribution >= 4 is 29.1 Å². The quantitative estimate of drug-likeness (QED) is 0.493. The van der Waals surface area contributed by atoms with Gasteiger partial charge in [-0.1, -0.05) is 11.6 Å². The summed E-state index contributed by atoms with van der Waals surface area (Å²) < 4.78 is 0. The fourth-order valence-electron chi connectivity index (χ4n) is 1.52. The number of nitro groups is 1. The van der Waals surface area contributed by atoms with E-state index in [2.05, 4.69) is 10.3 Å². The second kappa shape index (κ2) is 6.80. The molecule has 0 radical (unpaired) electrons. The van der Waals surface area contributed by atoms with Gasteiger partial charge in [0.2, 0.25) is 11.1 Å². The van der Waals surface area contributed by atoms with E-state index in [0.717, 1.165) is 4.90 Å². The van der Waals surface area contributed by atoms with E-state index in [1.807, 2.05) is 0 Å². The fourth-order valence-corrected chi connectivity index (χ4v) is 1.75. The van der Waals surface area contributed by atoms with Crippen LogP contribution in [0.1, 0.15) is 17.3 Å². The Balaban J connectivity index is 3.00. The molecule has 0 aliphatic rings. The van der Waals surface area contributed by atoms with Crippen molar-refractivity contribution in [1.82, 2.24) is 15.2 Å². The fraction of sp³-hybridized carbons (Fsp3) is 0.364. The molecule has 0 bridgehead atoms. The van der Waals surface area contributed by atoms with Crippen LogP contribution in [-0.4, -0.2) is 46.8 Å². The summed E-state index contributed by atoms with van der Waals surface area (Å²) in [5.41, 5.74) is -0.774. The Kier molecular flexibility index (Phi) is 5.39. The van der Waals surface area contributed by atoms with Crippen LogP contribution in [0.25, 0.3) is 0 Å². The molecule has 0 aliphatic carbocycles. The zero-order chi connectivity index (χ0) is 15.3. The molecule has 0 saturated carbocycles. The third-order valence-corrected chi connectivity index (χ3v) is 2.67. The van der Waals surface area contributed by atoms with Crippen LogP contribution in [0.2, 0.25) is 5.15 Å². The van der Waals surface area contributed by atoms with E-state index in [0.29, 0.717) is 6.54 Å². The molecular weight excluding hydrogens is 288 g/mol. The number of nitrogens with zero attached hydrogens (tertiary/aromatic N) is 3. The molecule has 9 heteroatoms. The molecule has 1 rings (SSSR count). The van der Waals surface area contributed by atoms with Gasteiger partial charge in [-0.2, -0.15) is 0 Å². The monoisotopic (exact) mass is 300 g/mol. The smallest absolute Gasteiger partial charge is 0.319 e. The number of amides is 2. The van der Waals surface area contributed by atoms with Crippen molar-refractivity contribution < 1.29 is 14.5 Å². The van der Waals surface area contributed by atoms with Crippen LogP contribution in [0.15, 0.2) is 12.3 Å². The summed E-state index contributed by atoms with van der Waals surface area (Å²) in [5.74, 6) is -1.03. The second-order valence-electron chi connectivity index (χ2n) is 3.87. The summed E-state index contributed by atoms with van der Waals surface area (Å²) in [7, 11) is 1.37. The standard InChI is InChI=1S/C11H13ClN4O4/c1-3-13-8(17)6-15(2)11(18)7-4-5-14-10(12)9(7)16(19)20/h4-5H,3,6H2,1-2H3,(H,13,17). The molecule has 20 heavy (non-hydrogen) atoms. The van der Waals surface area contributed by atoms with Crippen molar-refractivity contribution in [1.29, 1.82) is 0 Å². The van der Waals surface area contributed by atoms with E-state index >= 15 is 0 Å². The molecule has 1 aromatic rings. The molecule has 0 unspecified atom stereocenters. The summed E-state index contributed by atoms with van der Waals surface area (Å²) in [4.78, 5) is 38.3. The van der Waals surface area contributed by atoms with Crippen LogP contribution < -0.4 is 5.32 Å². The van der Waals surface area contributed by atoms with Crippen molar-refractivity contribution in [3.63, 3.8) is 0 Å². The third-order valence-electron chi connectivity index (χ3n) is 2.39. The number of halogens is 1. The topological polar surface area (TPSA) is 105 Å². The van der Waals surface area contributed by atoms with E-state index in [1.165, 1.54) is 19.3 Å². The molecule has 1 aromatic heterocycles. The average molecular weight is 301 g/mol. The number of carbonyl (C=O) groups is 2. The van der Waals surface area contributed by atoms with Gasteiger partial charge in [-0.25, -0.2) is 4.98 Å². The summed E-state index contributed by atoms with van der Waals surface area (Å²) in [6, 6.07) is 1.20. The van der Waals surface area contributed by atoms with Gasteiger partial charge < -0.3 is 10.2 Å². The highest BCUT2D eigenvalue weighted by Crippen LogP contribution is 2.26. The number of hydrogen-bond donors (Lipinski definition) is 1. The molecule has 2 amide bonds. The van der Waals surface area contributed by atoms with Crippen molar-refractivity contribution in [2.45, 2.75) is 6.92 Å². The van der Waals surface area contributed by atoms with Crippen molar-refractivity contribution in [3.05, 3.63) is 33.1 Å². The maximum atomic E-state index is 12.1. The van der Waals surface area contributed by atoms with Gasteiger partial charge in [0.25, 0.3) is 5.91 Å². The molecule has 0 spiro atoms. The maximum Gasteiger partial charge on any atom is 0.319 e. The van der Waals surface area contributed by atoms with E-state index in [4.69, 9.17) is 11.6 Å². The van der Waals surface area contributed by atoms with Gasteiger partial charge in [0, 0.05) is 19.8 Å². The predicted octanol–water partition coefficient (Wildman–Crippen LogP) is 0.851. The number of aromatic nitrogens is 1. The third kappa shape index (κ3) is 3.64. The lowest BCUT2D eigenvalue weighted by atomic mass is 10.2. The lowest BCUT2D eigenvalue weighted by Gasteiger charge is -2.16. The minimum Gasteiger partial charge on any atom is -0.355 e. The van der Waals surface area contributed by atoms with Crippen LogP contribution in [0.5, 0.6) is 0 Å². The zero-order valence-corrected chi connectivity index (χ0v) is 11.7. The second-order valence-corrected chi connectivity index (χ2v) is 4.23. The van der Waals surface area contributed by atoms with Crippen LogP contribution in [0.4, 0.5) is 5.69 Å². The first-order chi connectivity index (χ1) is 9.38. The molecule has 0 fully saturated rings. The molecule has 8 nitrogen and oxygen atoms in total. The van der Waals surface area contributed by atoms with Crippen LogP contribution >= 0.6 is 11.6 Å². The highest BCUT2D eigenvalue weighted by Gasteiger charge is 2.27. The van der Waals surface area contributed by atoms with E-state index in [9.17, 15) is 19.7 Å². The molecule has 0 saturated heterocycles. The van der Waals surface area contributed by atoms with Gasteiger partial charge in [0.05, 0.1) is 11.5 Å². The van der Waals surface area contributed by atoms with Gasteiger partial charge >= 0.3 is 5.69 Å². The number of likely N-dealkylation sites (N-methyl/N-ethyl adjacent to an activating group) is 2. The first-order valence-electron chi connectivity index (χ1n) is 5.69. The summed E-state index contributed by atoms with van der Waals surface area (Å²) in [6.07, 6.45) is 1.20. The highest BCUT2D eigenvalue weighted by atomic mass is 35.5.